The molecular weight excluding hydrogens is 428 g/mol. The summed E-state index contributed by atoms with van der Waals surface area (Å²) in [5, 5.41) is 17.6. The number of nitro groups is 1. The molecule has 0 aliphatic heterocycles. The highest BCUT2D eigenvalue weighted by Crippen LogP contribution is 2.30. The summed E-state index contributed by atoms with van der Waals surface area (Å²) in [5.41, 5.74) is 3.18. The molecule has 2 aromatic carbocycles. The maximum absolute atomic E-state index is 12.7. The molecule has 0 fully saturated rings. The highest BCUT2D eigenvalue weighted by atomic mass is 32.2. The molecule has 0 amide bonds. The minimum atomic E-state index is -4.08. The summed E-state index contributed by atoms with van der Waals surface area (Å²) in [6.07, 6.45) is 0. The van der Waals surface area contributed by atoms with Crippen molar-refractivity contribution in [1.82, 2.24) is 0 Å². The molecule has 9 nitrogen and oxygen atoms in total. The van der Waals surface area contributed by atoms with Crippen LogP contribution in [0.2, 0.25) is 0 Å². The number of hydrogen-bond donors (Lipinski definition) is 2. The fourth-order valence-electron chi connectivity index (χ4n) is 2.54. The van der Waals surface area contributed by atoms with Crippen LogP contribution in [-0.4, -0.2) is 26.2 Å². The van der Waals surface area contributed by atoms with E-state index in [-0.39, 0.29) is 16.3 Å². The van der Waals surface area contributed by atoms with Gasteiger partial charge < -0.3 is 4.74 Å². The van der Waals surface area contributed by atoms with Gasteiger partial charge in [-0.2, -0.15) is 5.10 Å². The first-order chi connectivity index (χ1) is 14.3. The normalized spacial score (nSPS) is 11.7. The van der Waals surface area contributed by atoms with Gasteiger partial charge in [0.1, 0.15) is 11.4 Å². The van der Waals surface area contributed by atoms with Gasteiger partial charge in [-0.05, 0) is 42.6 Å². The van der Waals surface area contributed by atoms with Gasteiger partial charge in [-0.1, -0.05) is 18.2 Å². The van der Waals surface area contributed by atoms with E-state index in [0.717, 1.165) is 10.9 Å². The number of hydrogen-bond acceptors (Lipinski definition) is 8. The molecule has 1 heterocycles. The Morgan fingerprint density at radius 1 is 1.13 bits per heavy atom. The zero-order valence-corrected chi connectivity index (χ0v) is 17.7. The SMILES string of the molecule is COc1ccccc1NS(=O)(=O)c1ccc(N/N=C(\C)c2cccs2)c([N+](=O)[O-])c1. The first-order valence-corrected chi connectivity index (χ1v) is 11.0. The standard InChI is InChI=1S/C19H18N4O5S2/c1-13(19-8-5-11-29-19)20-21-15-10-9-14(12-17(15)23(24)25)30(26,27)22-16-6-3-4-7-18(16)28-2/h3-12,21-22H,1-2H3/b20-13+. The Labute approximate surface area is 177 Å². The topological polar surface area (TPSA) is 123 Å². The van der Waals surface area contributed by atoms with Gasteiger partial charge in [-0.3, -0.25) is 20.3 Å². The Bertz CT molecular complexity index is 1190. The number of nitrogens with one attached hydrogen (secondary N) is 2. The molecular formula is C19H18N4O5S2. The van der Waals surface area contributed by atoms with Gasteiger partial charge in [0.25, 0.3) is 15.7 Å². The number of nitrogens with zero attached hydrogens (tertiary/aromatic N) is 2. The first kappa shape index (κ1) is 21.3. The molecule has 0 saturated carbocycles. The second kappa shape index (κ2) is 8.93. The lowest BCUT2D eigenvalue weighted by Crippen LogP contribution is -2.14. The van der Waals surface area contributed by atoms with Crippen molar-refractivity contribution in [1.29, 1.82) is 0 Å². The Balaban J connectivity index is 1.90. The van der Waals surface area contributed by atoms with Crippen molar-refractivity contribution >= 4 is 44.1 Å². The minimum absolute atomic E-state index is 0.0761. The molecule has 0 aliphatic carbocycles. The molecule has 2 N–H and O–H groups in total. The molecule has 30 heavy (non-hydrogen) atoms. The van der Waals surface area contributed by atoms with E-state index in [4.69, 9.17) is 4.74 Å². The number of para-hydroxylation sites is 2. The summed E-state index contributed by atoms with van der Waals surface area (Å²) >= 11 is 1.48. The van der Waals surface area contributed by atoms with Gasteiger partial charge in [-0.25, -0.2) is 8.42 Å². The summed E-state index contributed by atoms with van der Waals surface area (Å²) < 4.78 is 33.0. The maximum Gasteiger partial charge on any atom is 0.295 e. The zero-order valence-electron chi connectivity index (χ0n) is 16.0. The molecule has 1 aromatic heterocycles. The fraction of sp³-hybridized carbons (Fsp3) is 0.105. The number of nitro benzene ring substituents is 1. The number of benzene rings is 2. The molecule has 0 aliphatic rings. The molecule has 11 heteroatoms. The summed E-state index contributed by atoms with van der Waals surface area (Å²) in [6, 6.07) is 13.8. The predicted molar refractivity (Wildman–Crippen MR) is 117 cm³/mol. The van der Waals surface area contributed by atoms with Crippen LogP contribution < -0.4 is 14.9 Å². The van der Waals surface area contributed by atoms with E-state index in [2.05, 4.69) is 15.2 Å². The van der Waals surface area contributed by atoms with Crippen molar-refractivity contribution in [2.45, 2.75) is 11.8 Å². The van der Waals surface area contributed by atoms with E-state index >= 15 is 0 Å². The summed E-state index contributed by atoms with van der Waals surface area (Å²) in [6.45, 7) is 1.76. The third-order valence-electron chi connectivity index (χ3n) is 4.05. The summed E-state index contributed by atoms with van der Waals surface area (Å²) in [5.74, 6) is 0.326. The molecule has 0 radical (unpaired) electrons. The minimum Gasteiger partial charge on any atom is -0.495 e. The first-order valence-electron chi connectivity index (χ1n) is 8.60. The summed E-state index contributed by atoms with van der Waals surface area (Å²) in [7, 11) is -2.67. The number of sulfonamides is 1. The van der Waals surface area contributed by atoms with Gasteiger partial charge in [-0.15, -0.1) is 11.3 Å². The van der Waals surface area contributed by atoms with Crippen LogP contribution in [0.15, 0.2) is 70.0 Å². The highest BCUT2D eigenvalue weighted by molar-refractivity contribution is 7.92. The van der Waals surface area contributed by atoms with Crippen LogP contribution in [0.25, 0.3) is 0 Å². The fourth-order valence-corrected chi connectivity index (χ4v) is 4.31. The lowest BCUT2D eigenvalue weighted by molar-refractivity contribution is -0.384. The third-order valence-corrected chi connectivity index (χ3v) is 6.39. The molecule has 0 bridgehead atoms. The van der Waals surface area contributed by atoms with Crippen LogP contribution in [0.5, 0.6) is 5.75 Å². The van der Waals surface area contributed by atoms with Gasteiger partial charge in [0.05, 0.1) is 28.3 Å². The van der Waals surface area contributed by atoms with E-state index in [1.807, 2.05) is 17.5 Å². The molecule has 0 unspecified atom stereocenters. The Morgan fingerprint density at radius 3 is 2.57 bits per heavy atom. The van der Waals surface area contributed by atoms with Crippen molar-refractivity contribution in [2.24, 2.45) is 5.10 Å². The van der Waals surface area contributed by atoms with Crippen LogP contribution >= 0.6 is 11.3 Å². The van der Waals surface area contributed by atoms with Crippen LogP contribution in [0.3, 0.4) is 0 Å². The number of rotatable bonds is 8. The molecule has 0 atom stereocenters. The average Bonchev–Trinajstić information content (AvgIpc) is 3.27. The van der Waals surface area contributed by atoms with Crippen molar-refractivity contribution < 1.29 is 18.1 Å². The third kappa shape index (κ3) is 4.75. The predicted octanol–water partition coefficient (Wildman–Crippen LogP) is 4.30. The number of thiophene rings is 1. The van der Waals surface area contributed by atoms with Gasteiger partial charge >= 0.3 is 0 Å². The average molecular weight is 447 g/mol. The number of anilines is 2. The largest absolute Gasteiger partial charge is 0.495 e. The quantitative estimate of drug-likeness (QED) is 0.302. The Morgan fingerprint density at radius 2 is 1.90 bits per heavy atom. The van der Waals surface area contributed by atoms with Crippen LogP contribution in [0.4, 0.5) is 17.1 Å². The van der Waals surface area contributed by atoms with E-state index in [0.29, 0.717) is 11.5 Å². The van der Waals surface area contributed by atoms with Crippen LogP contribution in [-0.2, 0) is 10.0 Å². The van der Waals surface area contributed by atoms with Crippen molar-refractivity contribution in [3.8, 4) is 5.75 Å². The molecule has 156 valence electrons. The summed E-state index contributed by atoms with van der Waals surface area (Å²) in [4.78, 5) is 11.5. The van der Waals surface area contributed by atoms with Gasteiger partial charge in [0.15, 0.2) is 0 Å². The van der Waals surface area contributed by atoms with Crippen molar-refractivity contribution in [2.75, 3.05) is 17.3 Å². The second-order valence-corrected chi connectivity index (χ2v) is 8.66. The van der Waals surface area contributed by atoms with Gasteiger partial charge in [0.2, 0.25) is 0 Å². The van der Waals surface area contributed by atoms with E-state index in [1.54, 1.807) is 25.1 Å². The molecule has 3 rings (SSSR count). The number of methoxy groups -OCH3 is 1. The van der Waals surface area contributed by atoms with E-state index < -0.39 is 20.6 Å². The second-order valence-electron chi connectivity index (χ2n) is 6.03. The smallest absolute Gasteiger partial charge is 0.295 e. The van der Waals surface area contributed by atoms with Crippen molar-refractivity contribution in [3.63, 3.8) is 0 Å². The lowest BCUT2D eigenvalue weighted by Gasteiger charge is -2.12. The number of ether oxygens (including phenoxy) is 1. The molecule has 0 spiro atoms. The Kier molecular flexibility index (Phi) is 6.33. The van der Waals surface area contributed by atoms with Crippen LogP contribution in [0, 0.1) is 10.1 Å². The Hall–Kier alpha value is -3.44. The molecule has 0 saturated heterocycles. The van der Waals surface area contributed by atoms with E-state index in [1.165, 1.54) is 36.6 Å². The zero-order chi connectivity index (χ0) is 21.7. The number of hydrazone groups is 1. The molecule has 3 aromatic rings. The highest BCUT2D eigenvalue weighted by Gasteiger charge is 2.22. The van der Waals surface area contributed by atoms with Crippen LogP contribution in [0.1, 0.15) is 11.8 Å². The van der Waals surface area contributed by atoms with E-state index in [9.17, 15) is 18.5 Å². The van der Waals surface area contributed by atoms with Crippen molar-refractivity contribution in [3.05, 3.63) is 75.0 Å². The maximum atomic E-state index is 12.7. The lowest BCUT2D eigenvalue weighted by atomic mass is 10.3. The monoisotopic (exact) mass is 446 g/mol. The van der Waals surface area contributed by atoms with Gasteiger partial charge in [0, 0.05) is 10.9 Å².